The molecule has 4 nitrogen and oxygen atoms in total. The van der Waals surface area contributed by atoms with E-state index in [1.54, 1.807) is 0 Å². The lowest BCUT2D eigenvalue weighted by Crippen LogP contribution is -2.36. The number of carbonyl (C=O) groups is 1. The van der Waals surface area contributed by atoms with Gasteiger partial charge in [-0.25, -0.2) is 4.79 Å². The third-order valence-corrected chi connectivity index (χ3v) is 2.31. The van der Waals surface area contributed by atoms with Crippen molar-refractivity contribution < 1.29 is 19.7 Å². The van der Waals surface area contributed by atoms with Crippen molar-refractivity contribution in [2.45, 2.75) is 25.6 Å². The van der Waals surface area contributed by atoms with Gasteiger partial charge in [0.15, 0.2) is 5.60 Å². The number of ether oxygens (including phenoxy) is 1. The smallest absolute Gasteiger partial charge is 0.335 e. The molecule has 0 aliphatic rings. The summed E-state index contributed by atoms with van der Waals surface area (Å²) in [6, 6.07) is 9.58. The molecule has 0 saturated carbocycles. The Morgan fingerprint density at radius 1 is 1.38 bits per heavy atom. The molecule has 0 heterocycles. The summed E-state index contributed by atoms with van der Waals surface area (Å²) >= 11 is 0. The van der Waals surface area contributed by atoms with E-state index in [0.717, 1.165) is 5.56 Å². The van der Waals surface area contributed by atoms with Crippen LogP contribution in [0.25, 0.3) is 0 Å². The lowest BCUT2D eigenvalue weighted by molar-refractivity contribution is -0.158. The second-order valence-corrected chi connectivity index (χ2v) is 3.87. The fraction of sp³-hybridized carbons (Fsp3) is 0.417. The van der Waals surface area contributed by atoms with Crippen LogP contribution in [0.5, 0.6) is 0 Å². The van der Waals surface area contributed by atoms with Crippen LogP contribution in [0.1, 0.15) is 18.9 Å². The molecule has 0 amide bonds. The molecule has 16 heavy (non-hydrogen) atoms. The molecule has 0 radical (unpaired) electrons. The predicted molar refractivity (Wildman–Crippen MR) is 59.0 cm³/mol. The van der Waals surface area contributed by atoms with Gasteiger partial charge in [-0.05, 0) is 12.5 Å². The zero-order chi connectivity index (χ0) is 12.0. The van der Waals surface area contributed by atoms with Crippen molar-refractivity contribution >= 4 is 5.97 Å². The molecule has 1 aromatic carbocycles. The van der Waals surface area contributed by atoms with Crippen molar-refractivity contribution in [1.29, 1.82) is 0 Å². The second kappa shape index (κ2) is 5.63. The molecule has 0 aliphatic carbocycles. The summed E-state index contributed by atoms with van der Waals surface area (Å²) in [6.45, 7) is 1.91. The van der Waals surface area contributed by atoms with Crippen molar-refractivity contribution in [1.82, 2.24) is 0 Å². The van der Waals surface area contributed by atoms with E-state index in [-0.39, 0.29) is 13.0 Å². The highest BCUT2D eigenvalue weighted by Gasteiger charge is 2.29. The van der Waals surface area contributed by atoms with E-state index >= 15 is 0 Å². The Morgan fingerprint density at radius 2 is 2.00 bits per heavy atom. The van der Waals surface area contributed by atoms with Crippen LogP contribution < -0.4 is 0 Å². The first-order chi connectivity index (χ1) is 7.52. The average Bonchev–Trinajstić information content (AvgIpc) is 2.26. The normalized spacial score (nSPS) is 14.4. The lowest BCUT2D eigenvalue weighted by Gasteiger charge is -2.17. The van der Waals surface area contributed by atoms with Gasteiger partial charge in [0, 0.05) is 6.42 Å². The van der Waals surface area contributed by atoms with Gasteiger partial charge in [-0.3, -0.25) is 0 Å². The number of benzene rings is 1. The monoisotopic (exact) mass is 224 g/mol. The quantitative estimate of drug-likeness (QED) is 0.717. The number of aliphatic hydroxyl groups is 1. The topological polar surface area (TPSA) is 66.8 Å². The molecule has 0 aliphatic heterocycles. The van der Waals surface area contributed by atoms with E-state index in [4.69, 9.17) is 9.84 Å². The Balaban J connectivity index is 2.25. The summed E-state index contributed by atoms with van der Waals surface area (Å²) < 4.78 is 5.28. The maximum Gasteiger partial charge on any atom is 0.335 e. The van der Waals surface area contributed by atoms with Gasteiger partial charge in [-0.1, -0.05) is 30.3 Å². The van der Waals surface area contributed by atoms with Crippen LogP contribution >= 0.6 is 0 Å². The highest BCUT2D eigenvalue weighted by molar-refractivity contribution is 5.76. The third-order valence-electron chi connectivity index (χ3n) is 2.31. The van der Waals surface area contributed by atoms with Gasteiger partial charge < -0.3 is 14.9 Å². The lowest BCUT2D eigenvalue weighted by atomic mass is 10.0. The second-order valence-electron chi connectivity index (χ2n) is 3.87. The molecular weight excluding hydrogens is 208 g/mol. The Bertz CT molecular complexity index is 332. The average molecular weight is 224 g/mol. The molecule has 1 atom stereocenters. The summed E-state index contributed by atoms with van der Waals surface area (Å²) in [6.07, 6.45) is 0.0785. The number of carboxylic acid groups (broad SMARTS) is 1. The van der Waals surface area contributed by atoms with Crippen LogP contribution in [-0.4, -0.2) is 28.4 Å². The molecule has 0 spiro atoms. The molecule has 1 rings (SSSR count). The summed E-state index contributed by atoms with van der Waals surface area (Å²) in [5, 5.41) is 18.1. The van der Waals surface area contributed by atoms with E-state index < -0.39 is 11.6 Å². The minimum absolute atomic E-state index is 0.0785. The molecule has 4 heteroatoms. The molecule has 88 valence electrons. The van der Waals surface area contributed by atoms with Crippen molar-refractivity contribution in [3.63, 3.8) is 0 Å². The standard InChI is InChI=1S/C12H16O4/c1-12(15,11(13)14)7-8-16-9-10-5-3-2-4-6-10/h2-6,15H,7-9H2,1H3,(H,13,14). The summed E-state index contributed by atoms with van der Waals surface area (Å²) in [5.74, 6) is -1.23. The van der Waals surface area contributed by atoms with Crippen LogP contribution in [0, 0.1) is 0 Å². The Morgan fingerprint density at radius 3 is 2.56 bits per heavy atom. The van der Waals surface area contributed by atoms with Crippen LogP contribution in [0.4, 0.5) is 0 Å². The van der Waals surface area contributed by atoms with Crippen LogP contribution in [-0.2, 0) is 16.1 Å². The molecule has 0 fully saturated rings. The molecule has 0 bridgehead atoms. The minimum Gasteiger partial charge on any atom is -0.479 e. The van der Waals surface area contributed by atoms with Crippen molar-refractivity contribution in [3.05, 3.63) is 35.9 Å². The van der Waals surface area contributed by atoms with Crippen LogP contribution in [0.3, 0.4) is 0 Å². The molecular formula is C12H16O4. The highest BCUT2D eigenvalue weighted by atomic mass is 16.5. The van der Waals surface area contributed by atoms with E-state index in [1.165, 1.54) is 6.92 Å². The molecule has 1 unspecified atom stereocenters. The SMILES string of the molecule is CC(O)(CCOCc1ccccc1)C(=O)O. The van der Waals surface area contributed by atoms with E-state index in [9.17, 15) is 9.90 Å². The molecule has 0 saturated heterocycles. The van der Waals surface area contributed by atoms with Gasteiger partial charge >= 0.3 is 5.97 Å². The Kier molecular flexibility index (Phi) is 4.46. The summed E-state index contributed by atoms with van der Waals surface area (Å²) in [5.41, 5.74) is -0.686. The zero-order valence-electron chi connectivity index (χ0n) is 9.22. The molecule has 1 aromatic rings. The number of hydrogen-bond donors (Lipinski definition) is 2. The zero-order valence-corrected chi connectivity index (χ0v) is 9.22. The fourth-order valence-corrected chi connectivity index (χ4v) is 1.14. The Hall–Kier alpha value is -1.39. The van der Waals surface area contributed by atoms with Crippen LogP contribution in [0.15, 0.2) is 30.3 Å². The maximum absolute atomic E-state index is 10.6. The first-order valence-electron chi connectivity index (χ1n) is 5.10. The molecule has 2 N–H and O–H groups in total. The van der Waals surface area contributed by atoms with E-state index in [0.29, 0.717) is 6.61 Å². The Labute approximate surface area is 94.5 Å². The van der Waals surface area contributed by atoms with Gasteiger partial charge in [0.05, 0.1) is 13.2 Å². The van der Waals surface area contributed by atoms with Crippen molar-refractivity contribution in [2.75, 3.05) is 6.61 Å². The number of rotatable bonds is 6. The minimum atomic E-state index is -1.71. The number of aliphatic carboxylic acids is 1. The van der Waals surface area contributed by atoms with Crippen LogP contribution in [0.2, 0.25) is 0 Å². The molecule has 0 aromatic heterocycles. The van der Waals surface area contributed by atoms with Gasteiger partial charge in [0.2, 0.25) is 0 Å². The predicted octanol–water partition coefficient (Wildman–Crippen LogP) is 1.43. The van der Waals surface area contributed by atoms with Gasteiger partial charge in [-0.2, -0.15) is 0 Å². The number of hydrogen-bond acceptors (Lipinski definition) is 3. The highest BCUT2D eigenvalue weighted by Crippen LogP contribution is 2.10. The summed E-state index contributed by atoms with van der Waals surface area (Å²) in [7, 11) is 0. The van der Waals surface area contributed by atoms with E-state index in [1.807, 2.05) is 30.3 Å². The third kappa shape index (κ3) is 4.00. The van der Waals surface area contributed by atoms with Gasteiger partial charge in [0.1, 0.15) is 0 Å². The maximum atomic E-state index is 10.6. The largest absolute Gasteiger partial charge is 0.479 e. The van der Waals surface area contributed by atoms with E-state index in [2.05, 4.69) is 0 Å². The van der Waals surface area contributed by atoms with Crippen molar-refractivity contribution in [3.8, 4) is 0 Å². The summed E-state index contributed by atoms with van der Waals surface area (Å²) in [4.78, 5) is 10.6. The van der Waals surface area contributed by atoms with Crippen molar-refractivity contribution in [2.24, 2.45) is 0 Å². The van der Waals surface area contributed by atoms with Gasteiger partial charge in [0.25, 0.3) is 0 Å². The fourth-order valence-electron chi connectivity index (χ4n) is 1.14. The van der Waals surface area contributed by atoms with Gasteiger partial charge in [-0.15, -0.1) is 0 Å². The first-order valence-corrected chi connectivity index (χ1v) is 5.10. The number of carboxylic acids is 1. The first kappa shape index (κ1) is 12.7.